The van der Waals surface area contributed by atoms with Crippen molar-refractivity contribution in [2.45, 2.75) is 50.5 Å². The topological polar surface area (TPSA) is 66.9 Å². The summed E-state index contributed by atoms with van der Waals surface area (Å²) in [7, 11) is -3.93. The van der Waals surface area contributed by atoms with Crippen molar-refractivity contribution in [2.24, 2.45) is 0 Å². The minimum absolute atomic E-state index is 0.0104. The Balaban J connectivity index is 1.39. The number of piperidine rings is 1. The molecule has 166 valence electrons. The zero-order valence-electron chi connectivity index (χ0n) is 18.2. The molecule has 6 nitrogen and oxygen atoms in total. The lowest BCUT2D eigenvalue weighted by Crippen LogP contribution is -2.45. The lowest BCUT2D eigenvalue weighted by molar-refractivity contribution is 0.0644. The van der Waals surface area contributed by atoms with E-state index < -0.39 is 10.1 Å². The number of carbonyl (C=O) groups excluding carboxylic acids is 1. The van der Waals surface area contributed by atoms with Crippen LogP contribution in [-0.2, 0) is 10.1 Å². The normalized spacial score (nSPS) is 18.3. The summed E-state index contributed by atoms with van der Waals surface area (Å²) in [4.78, 5) is 17.5. The third kappa shape index (κ3) is 4.93. The van der Waals surface area contributed by atoms with E-state index >= 15 is 0 Å². The van der Waals surface area contributed by atoms with Crippen LogP contribution in [0.15, 0.2) is 47.4 Å². The zero-order valence-corrected chi connectivity index (χ0v) is 19.0. The molecule has 0 radical (unpaired) electrons. The summed E-state index contributed by atoms with van der Waals surface area (Å²) in [5.41, 5.74) is 2.04. The molecule has 2 aliphatic rings. The first-order valence-electron chi connectivity index (χ1n) is 11.0. The van der Waals surface area contributed by atoms with Crippen molar-refractivity contribution in [1.29, 1.82) is 0 Å². The van der Waals surface area contributed by atoms with E-state index in [0.29, 0.717) is 17.2 Å². The zero-order chi connectivity index (χ0) is 22.0. The van der Waals surface area contributed by atoms with Crippen LogP contribution < -0.4 is 4.18 Å². The van der Waals surface area contributed by atoms with Gasteiger partial charge in [-0.3, -0.25) is 4.79 Å². The van der Waals surface area contributed by atoms with Crippen molar-refractivity contribution in [3.05, 3.63) is 59.2 Å². The van der Waals surface area contributed by atoms with Crippen LogP contribution in [0.2, 0.25) is 0 Å². The first-order chi connectivity index (χ1) is 14.8. The molecule has 2 aromatic rings. The average Bonchev–Trinajstić information content (AvgIpc) is 3.30. The number of aryl methyl sites for hydroxylation is 2. The van der Waals surface area contributed by atoms with E-state index in [0.717, 1.165) is 31.5 Å². The number of hydrogen-bond donors (Lipinski definition) is 0. The Labute approximate surface area is 184 Å². The first-order valence-corrected chi connectivity index (χ1v) is 12.4. The highest BCUT2D eigenvalue weighted by Gasteiger charge is 2.28. The number of carbonyl (C=O) groups is 1. The number of likely N-dealkylation sites (tertiary alicyclic amines) is 2. The van der Waals surface area contributed by atoms with E-state index in [1.54, 1.807) is 43.3 Å². The van der Waals surface area contributed by atoms with Gasteiger partial charge >= 0.3 is 10.1 Å². The number of hydrogen-bond acceptors (Lipinski definition) is 5. The average molecular weight is 443 g/mol. The minimum Gasteiger partial charge on any atom is -0.379 e. The molecule has 0 N–H and O–H groups in total. The van der Waals surface area contributed by atoms with Crippen LogP contribution in [-0.4, -0.2) is 56.3 Å². The Kier molecular flexibility index (Phi) is 6.34. The molecule has 1 amide bonds. The summed E-state index contributed by atoms with van der Waals surface area (Å²) >= 11 is 0. The third-order valence-corrected chi connectivity index (χ3v) is 7.72. The highest BCUT2D eigenvalue weighted by molar-refractivity contribution is 7.87. The molecular formula is C24H30N2O4S. The van der Waals surface area contributed by atoms with Crippen molar-refractivity contribution in [1.82, 2.24) is 9.80 Å². The van der Waals surface area contributed by atoms with Crippen LogP contribution in [0.4, 0.5) is 0 Å². The fourth-order valence-electron chi connectivity index (χ4n) is 4.52. The molecule has 7 heteroatoms. The summed E-state index contributed by atoms with van der Waals surface area (Å²) in [6.45, 7) is 7.48. The molecular weight excluding hydrogens is 412 g/mol. The fourth-order valence-corrected chi connectivity index (χ4v) is 5.77. The second-order valence-electron chi connectivity index (χ2n) is 8.60. The smallest absolute Gasteiger partial charge is 0.339 e. The van der Waals surface area contributed by atoms with Crippen LogP contribution in [0.5, 0.6) is 5.75 Å². The van der Waals surface area contributed by atoms with Crippen molar-refractivity contribution >= 4 is 16.0 Å². The van der Waals surface area contributed by atoms with Crippen LogP contribution in [0.3, 0.4) is 0 Å². The Morgan fingerprint density at radius 2 is 1.58 bits per heavy atom. The summed E-state index contributed by atoms with van der Waals surface area (Å²) in [6.07, 6.45) is 4.60. The predicted molar refractivity (Wildman–Crippen MR) is 120 cm³/mol. The monoisotopic (exact) mass is 442 g/mol. The second kappa shape index (κ2) is 9.01. The summed E-state index contributed by atoms with van der Waals surface area (Å²) in [5.74, 6) is 0.189. The molecule has 31 heavy (non-hydrogen) atoms. The summed E-state index contributed by atoms with van der Waals surface area (Å²) < 4.78 is 30.7. The van der Waals surface area contributed by atoms with Gasteiger partial charge in [0.05, 0.1) is 0 Å². The molecule has 0 saturated carbocycles. The van der Waals surface area contributed by atoms with E-state index in [-0.39, 0.29) is 16.6 Å². The Hall–Kier alpha value is -2.38. The van der Waals surface area contributed by atoms with Crippen molar-refractivity contribution < 1.29 is 17.4 Å². The van der Waals surface area contributed by atoms with Gasteiger partial charge in [0.25, 0.3) is 5.91 Å². The largest absolute Gasteiger partial charge is 0.379 e. The molecule has 4 rings (SSSR count). The van der Waals surface area contributed by atoms with Gasteiger partial charge in [-0.25, -0.2) is 0 Å². The highest BCUT2D eigenvalue weighted by atomic mass is 32.2. The van der Waals surface area contributed by atoms with E-state index in [1.165, 1.54) is 25.9 Å². The molecule has 2 aromatic carbocycles. The van der Waals surface area contributed by atoms with Gasteiger partial charge in [0.15, 0.2) is 0 Å². The molecule has 0 atom stereocenters. The van der Waals surface area contributed by atoms with Crippen molar-refractivity contribution in [3.8, 4) is 5.75 Å². The van der Waals surface area contributed by atoms with Gasteiger partial charge in [-0.05, 0) is 94.1 Å². The Morgan fingerprint density at radius 3 is 2.23 bits per heavy atom. The SMILES string of the molecule is Cc1ccc(C)c(S(=O)(=O)Oc2ccc(C(=O)N3CCC(N4CCCC4)CC3)cc2)c1. The maximum Gasteiger partial charge on any atom is 0.339 e. The maximum absolute atomic E-state index is 12.9. The standard InChI is InChI=1S/C24H30N2O4S/c1-18-5-6-19(2)23(17-18)31(28,29)30-22-9-7-20(8-10-22)24(27)26-15-11-21(12-16-26)25-13-3-4-14-25/h5-10,17,21H,3-4,11-16H2,1-2H3. The molecule has 0 aliphatic carbocycles. The van der Waals surface area contributed by atoms with Gasteiger partial charge in [0.2, 0.25) is 0 Å². The maximum atomic E-state index is 12.9. The molecule has 2 fully saturated rings. The van der Waals surface area contributed by atoms with E-state index in [9.17, 15) is 13.2 Å². The fraction of sp³-hybridized carbons (Fsp3) is 0.458. The van der Waals surface area contributed by atoms with E-state index in [2.05, 4.69) is 4.90 Å². The lowest BCUT2D eigenvalue weighted by atomic mass is 10.0. The molecule has 2 heterocycles. The Morgan fingerprint density at radius 1 is 0.935 bits per heavy atom. The molecule has 0 spiro atoms. The van der Waals surface area contributed by atoms with Crippen LogP contribution in [0.25, 0.3) is 0 Å². The van der Waals surface area contributed by atoms with E-state index in [1.807, 2.05) is 17.9 Å². The molecule has 2 aliphatic heterocycles. The van der Waals surface area contributed by atoms with Crippen LogP contribution in [0, 0.1) is 13.8 Å². The van der Waals surface area contributed by atoms with E-state index in [4.69, 9.17) is 4.18 Å². The minimum atomic E-state index is -3.93. The lowest BCUT2D eigenvalue weighted by Gasteiger charge is -2.36. The number of rotatable bonds is 5. The molecule has 0 unspecified atom stereocenters. The number of nitrogens with zero attached hydrogens (tertiary/aromatic N) is 2. The quantitative estimate of drug-likeness (QED) is 0.660. The summed E-state index contributed by atoms with van der Waals surface area (Å²) in [5, 5.41) is 0. The van der Waals surface area contributed by atoms with Gasteiger partial charge in [0, 0.05) is 24.7 Å². The number of benzene rings is 2. The van der Waals surface area contributed by atoms with Crippen molar-refractivity contribution in [2.75, 3.05) is 26.2 Å². The van der Waals surface area contributed by atoms with Gasteiger partial charge < -0.3 is 14.0 Å². The predicted octanol–water partition coefficient (Wildman–Crippen LogP) is 3.77. The molecule has 2 saturated heterocycles. The van der Waals surface area contributed by atoms with Gasteiger partial charge in [-0.2, -0.15) is 8.42 Å². The van der Waals surface area contributed by atoms with Crippen LogP contribution in [0.1, 0.15) is 47.2 Å². The Bertz CT molecular complexity index is 1040. The van der Waals surface area contributed by atoms with Crippen LogP contribution >= 0.6 is 0 Å². The number of amides is 1. The first kappa shape index (κ1) is 21.8. The molecule has 0 aromatic heterocycles. The van der Waals surface area contributed by atoms with Crippen molar-refractivity contribution in [3.63, 3.8) is 0 Å². The van der Waals surface area contributed by atoms with Gasteiger partial charge in [-0.1, -0.05) is 12.1 Å². The third-order valence-electron chi connectivity index (χ3n) is 6.33. The molecule has 0 bridgehead atoms. The summed E-state index contributed by atoms with van der Waals surface area (Å²) in [6, 6.07) is 12.2. The second-order valence-corrected chi connectivity index (χ2v) is 10.1. The highest BCUT2D eigenvalue weighted by Crippen LogP contribution is 2.25. The van der Waals surface area contributed by atoms with Gasteiger partial charge in [0.1, 0.15) is 10.6 Å². The van der Waals surface area contributed by atoms with Gasteiger partial charge in [-0.15, -0.1) is 0 Å².